The first-order chi connectivity index (χ1) is 15.1. The third-order valence-electron chi connectivity index (χ3n) is 3.65. The molecule has 4 N–H and O–H groups in total. The van der Waals surface area contributed by atoms with Gasteiger partial charge in [-0.05, 0) is 37.4 Å². The van der Waals surface area contributed by atoms with Gasteiger partial charge in [0.05, 0.1) is 18.5 Å². The molecule has 0 saturated heterocycles. The average molecular weight is 443 g/mol. The Kier molecular flexibility index (Phi) is 12.5. The van der Waals surface area contributed by atoms with E-state index in [1.165, 1.54) is 0 Å². The zero-order chi connectivity index (χ0) is 23.1. The molecule has 0 aliphatic carbocycles. The maximum atomic E-state index is 5.83. The van der Waals surface area contributed by atoms with Gasteiger partial charge in [-0.25, -0.2) is 9.97 Å². The van der Waals surface area contributed by atoms with E-state index in [1.54, 1.807) is 24.2 Å². The Bertz CT molecular complexity index is 889. The summed E-state index contributed by atoms with van der Waals surface area (Å²) < 4.78 is 5.55. The Morgan fingerprint density at radius 2 is 1.74 bits per heavy atom. The van der Waals surface area contributed by atoms with Crippen molar-refractivity contribution in [2.75, 3.05) is 35.0 Å². The lowest BCUT2D eigenvalue weighted by Crippen LogP contribution is -2.04. The molecule has 0 saturated carbocycles. The monoisotopic (exact) mass is 442 g/mol. The topological polar surface area (TPSA) is 98.0 Å². The third kappa shape index (κ3) is 9.13. The maximum Gasteiger partial charge on any atom is 0.229 e. The first-order valence-corrected chi connectivity index (χ1v) is 11.8. The normalized spacial score (nSPS) is 9.48. The lowest BCUT2D eigenvalue weighted by atomic mass is 10.2. The Labute approximate surface area is 190 Å². The van der Waals surface area contributed by atoms with E-state index in [-0.39, 0.29) is 0 Å². The molecule has 0 radical (unpaired) electrons. The molecule has 0 atom stereocenters. The number of thioether (sulfide) groups is 1. The molecule has 1 aromatic carbocycles. The predicted octanol–water partition coefficient (Wildman–Crippen LogP) is 6.04. The smallest absolute Gasteiger partial charge is 0.229 e. The highest BCUT2D eigenvalue weighted by Crippen LogP contribution is 2.22. The molecule has 0 aliphatic rings. The molecule has 0 fully saturated rings. The summed E-state index contributed by atoms with van der Waals surface area (Å²) in [5.41, 5.74) is 9.10. The van der Waals surface area contributed by atoms with E-state index < -0.39 is 0 Å². The van der Waals surface area contributed by atoms with Crippen molar-refractivity contribution in [3.05, 3.63) is 54.4 Å². The van der Waals surface area contributed by atoms with Gasteiger partial charge >= 0.3 is 0 Å². The molecule has 0 aliphatic heterocycles. The van der Waals surface area contributed by atoms with Crippen molar-refractivity contribution in [2.24, 2.45) is 0 Å². The highest BCUT2D eigenvalue weighted by atomic mass is 32.2. The van der Waals surface area contributed by atoms with Crippen molar-refractivity contribution in [1.29, 1.82) is 0 Å². The second kappa shape index (κ2) is 14.9. The van der Waals surface area contributed by atoms with Gasteiger partial charge < -0.3 is 21.1 Å². The van der Waals surface area contributed by atoms with Crippen LogP contribution in [0.4, 0.5) is 28.8 Å². The van der Waals surface area contributed by atoms with Crippen molar-refractivity contribution >= 4 is 40.6 Å². The van der Waals surface area contributed by atoms with Crippen LogP contribution in [0.2, 0.25) is 0 Å². The molecule has 0 unspecified atom stereocenters. The summed E-state index contributed by atoms with van der Waals surface area (Å²) in [6, 6.07) is 11.2. The number of ether oxygens (including phenoxy) is 1. The van der Waals surface area contributed by atoms with E-state index in [9.17, 15) is 0 Å². The lowest BCUT2D eigenvalue weighted by Gasteiger charge is -2.11. The van der Waals surface area contributed by atoms with Crippen molar-refractivity contribution in [2.45, 2.75) is 34.6 Å². The number of benzene rings is 1. The summed E-state index contributed by atoms with van der Waals surface area (Å²) in [6.07, 6.45) is 5.50. The Morgan fingerprint density at radius 1 is 0.968 bits per heavy atom. The number of nitrogen functional groups attached to an aromatic ring is 1. The standard InChI is InChI=1S/C19H22N6OS.2C2H6/c1-13-11-22-19(25-18(13)23-15-5-3-4-14(20)10-15)24-16-6-7-17(21-12-16)26-8-9-27-2;2*1-2/h3-7,10-12H,8-9,20H2,1-2H3,(H2,22,23,24,25);2*1-2H3. The van der Waals surface area contributed by atoms with Gasteiger partial charge in [-0.3, -0.25) is 0 Å². The van der Waals surface area contributed by atoms with Crippen LogP contribution in [-0.4, -0.2) is 33.6 Å². The number of hydrogen-bond acceptors (Lipinski definition) is 8. The van der Waals surface area contributed by atoms with Crippen molar-refractivity contribution in [3.63, 3.8) is 0 Å². The van der Waals surface area contributed by atoms with Gasteiger partial charge in [-0.1, -0.05) is 33.8 Å². The number of anilines is 5. The number of rotatable bonds is 8. The zero-order valence-electron chi connectivity index (χ0n) is 19.3. The molecule has 0 bridgehead atoms. The van der Waals surface area contributed by atoms with E-state index in [0.717, 1.165) is 22.7 Å². The van der Waals surface area contributed by atoms with Gasteiger partial charge in [0.15, 0.2) is 0 Å². The Balaban J connectivity index is 0.00000113. The van der Waals surface area contributed by atoms with Crippen molar-refractivity contribution in [1.82, 2.24) is 15.0 Å². The van der Waals surface area contributed by atoms with Crippen LogP contribution in [0.1, 0.15) is 33.3 Å². The molecule has 3 aromatic rings. The van der Waals surface area contributed by atoms with Gasteiger partial charge in [-0.15, -0.1) is 0 Å². The fraction of sp³-hybridized carbons (Fsp3) is 0.348. The van der Waals surface area contributed by atoms with Gasteiger partial charge in [-0.2, -0.15) is 16.7 Å². The minimum atomic E-state index is 0.477. The quantitative estimate of drug-likeness (QED) is 0.287. The van der Waals surface area contributed by atoms with Gasteiger partial charge in [0, 0.05) is 35.0 Å². The average Bonchev–Trinajstić information content (AvgIpc) is 2.80. The second-order valence-corrected chi connectivity index (χ2v) is 6.81. The molecule has 2 aromatic heterocycles. The van der Waals surface area contributed by atoms with Crippen LogP contribution in [0.3, 0.4) is 0 Å². The van der Waals surface area contributed by atoms with E-state index in [0.29, 0.717) is 29.9 Å². The van der Waals surface area contributed by atoms with Gasteiger partial charge in [0.1, 0.15) is 5.82 Å². The summed E-state index contributed by atoms with van der Waals surface area (Å²) in [7, 11) is 0. The molecular formula is C23H34N6OS. The summed E-state index contributed by atoms with van der Waals surface area (Å²) in [4.78, 5) is 13.2. The molecule has 31 heavy (non-hydrogen) atoms. The number of pyridine rings is 1. The highest BCUT2D eigenvalue weighted by Gasteiger charge is 2.06. The number of nitrogens with zero attached hydrogens (tertiary/aromatic N) is 3. The summed E-state index contributed by atoms with van der Waals surface area (Å²) in [5.74, 6) is 2.72. The van der Waals surface area contributed by atoms with Crippen molar-refractivity contribution in [3.8, 4) is 5.88 Å². The molecule has 0 spiro atoms. The highest BCUT2D eigenvalue weighted by molar-refractivity contribution is 7.98. The van der Waals surface area contributed by atoms with Crippen LogP contribution >= 0.6 is 11.8 Å². The molecule has 8 heteroatoms. The molecule has 2 heterocycles. The van der Waals surface area contributed by atoms with Crippen LogP contribution < -0.4 is 21.1 Å². The largest absolute Gasteiger partial charge is 0.477 e. The first-order valence-electron chi connectivity index (χ1n) is 10.4. The number of nitrogens with one attached hydrogen (secondary N) is 2. The number of hydrogen-bond donors (Lipinski definition) is 3. The SMILES string of the molecule is CC.CC.CSCCOc1ccc(Nc2ncc(C)c(Nc3cccc(N)c3)n2)cn1. The Morgan fingerprint density at radius 3 is 2.39 bits per heavy atom. The van der Waals surface area contributed by atoms with E-state index in [4.69, 9.17) is 10.5 Å². The Hall–Kier alpha value is -3.00. The maximum absolute atomic E-state index is 5.83. The second-order valence-electron chi connectivity index (χ2n) is 5.83. The first kappa shape index (κ1) is 26.0. The summed E-state index contributed by atoms with van der Waals surface area (Å²) in [5, 5.41) is 6.42. The van der Waals surface area contributed by atoms with E-state index in [1.807, 2.05) is 77.3 Å². The van der Waals surface area contributed by atoms with Crippen LogP contribution in [0.15, 0.2) is 48.8 Å². The van der Waals surface area contributed by atoms with Crippen LogP contribution in [-0.2, 0) is 0 Å². The zero-order valence-corrected chi connectivity index (χ0v) is 20.1. The van der Waals surface area contributed by atoms with Crippen LogP contribution in [0, 0.1) is 6.92 Å². The van der Waals surface area contributed by atoms with Crippen LogP contribution in [0.5, 0.6) is 5.88 Å². The number of aromatic nitrogens is 3. The van der Waals surface area contributed by atoms with Gasteiger partial charge in [0.25, 0.3) is 0 Å². The van der Waals surface area contributed by atoms with Crippen LogP contribution in [0.25, 0.3) is 0 Å². The minimum absolute atomic E-state index is 0.477. The third-order valence-corrected chi connectivity index (χ3v) is 4.23. The summed E-state index contributed by atoms with van der Waals surface area (Å²) >= 11 is 1.73. The fourth-order valence-corrected chi connectivity index (χ4v) is 2.53. The molecule has 168 valence electrons. The predicted molar refractivity (Wildman–Crippen MR) is 135 cm³/mol. The van der Waals surface area contributed by atoms with Gasteiger partial charge in [0.2, 0.25) is 11.8 Å². The molecule has 3 rings (SSSR count). The fourth-order valence-electron chi connectivity index (χ4n) is 2.28. The van der Waals surface area contributed by atoms with E-state index >= 15 is 0 Å². The minimum Gasteiger partial charge on any atom is -0.477 e. The lowest BCUT2D eigenvalue weighted by molar-refractivity contribution is 0.330. The molecular weight excluding hydrogens is 408 g/mol. The van der Waals surface area contributed by atoms with Crippen molar-refractivity contribution < 1.29 is 4.74 Å². The molecule has 7 nitrogen and oxygen atoms in total. The summed E-state index contributed by atoms with van der Waals surface area (Å²) in [6.45, 7) is 10.6. The molecule has 0 amide bonds. The van der Waals surface area contributed by atoms with E-state index in [2.05, 4.69) is 25.6 Å². The number of nitrogens with two attached hydrogens (primary N) is 1. The number of aryl methyl sites for hydroxylation is 1.